The van der Waals surface area contributed by atoms with Gasteiger partial charge >= 0.3 is 0 Å². The predicted molar refractivity (Wildman–Crippen MR) is 118 cm³/mol. The first kappa shape index (κ1) is 20.0. The fourth-order valence-electron chi connectivity index (χ4n) is 3.36. The van der Waals surface area contributed by atoms with Crippen LogP contribution in [0.15, 0.2) is 47.6 Å². The molecular formula is C22H32N6. The first-order chi connectivity index (χ1) is 13.5. The lowest BCUT2D eigenvalue weighted by molar-refractivity contribution is 0.649. The Bertz CT molecular complexity index is 784. The molecule has 150 valence electrons. The van der Waals surface area contributed by atoms with Gasteiger partial charge in [0.25, 0.3) is 0 Å². The molecule has 1 aliphatic heterocycles. The van der Waals surface area contributed by atoms with Gasteiger partial charge in [0.15, 0.2) is 5.96 Å². The van der Waals surface area contributed by atoms with Crippen LogP contribution in [0.25, 0.3) is 0 Å². The van der Waals surface area contributed by atoms with Gasteiger partial charge in [0.2, 0.25) is 0 Å². The smallest absolute Gasteiger partial charge is 0.191 e. The van der Waals surface area contributed by atoms with E-state index in [1.807, 2.05) is 31.3 Å². The SMILES string of the molecule is CCNC(=NCc1ccnc(N(C)C)c1)NC1CCN(c2ccc(C)cc2)C1. The van der Waals surface area contributed by atoms with Gasteiger partial charge in [0.05, 0.1) is 6.54 Å². The maximum absolute atomic E-state index is 4.79. The molecule has 6 nitrogen and oxygen atoms in total. The van der Waals surface area contributed by atoms with Crippen LogP contribution < -0.4 is 20.4 Å². The number of aromatic nitrogens is 1. The van der Waals surface area contributed by atoms with E-state index in [0.29, 0.717) is 12.6 Å². The van der Waals surface area contributed by atoms with Crippen LogP contribution in [-0.4, -0.2) is 50.7 Å². The summed E-state index contributed by atoms with van der Waals surface area (Å²) < 4.78 is 0. The van der Waals surface area contributed by atoms with E-state index in [4.69, 9.17) is 4.99 Å². The van der Waals surface area contributed by atoms with Crippen molar-refractivity contribution < 1.29 is 0 Å². The van der Waals surface area contributed by atoms with Crippen molar-refractivity contribution in [3.8, 4) is 0 Å². The van der Waals surface area contributed by atoms with E-state index in [1.165, 1.54) is 11.3 Å². The molecule has 0 bridgehead atoms. The quantitative estimate of drug-likeness (QED) is 0.596. The number of nitrogens with one attached hydrogen (secondary N) is 2. The zero-order chi connectivity index (χ0) is 19.9. The van der Waals surface area contributed by atoms with Gasteiger partial charge in [0, 0.05) is 51.7 Å². The first-order valence-corrected chi connectivity index (χ1v) is 10.0. The minimum atomic E-state index is 0.397. The van der Waals surface area contributed by atoms with Gasteiger partial charge in [-0.3, -0.25) is 0 Å². The van der Waals surface area contributed by atoms with Crippen LogP contribution in [0, 0.1) is 6.92 Å². The van der Waals surface area contributed by atoms with Crippen molar-refractivity contribution in [2.45, 2.75) is 32.9 Å². The number of aryl methyl sites for hydroxylation is 1. The molecule has 0 aliphatic carbocycles. The van der Waals surface area contributed by atoms with Crippen molar-refractivity contribution in [2.75, 3.05) is 43.5 Å². The van der Waals surface area contributed by atoms with Crippen molar-refractivity contribution in [3.05, 3.63) is 53.7 Å². The molecule has 0 saturated carbocycles. The average Bonchev–Trinajstić information content (AvgIpc) is 3.15. The summed E-state index contributed by atoms with van der Waals surface area (Å²) in [5.74, 6) is 1.83. The van der Waals surface area contributed by atoms with Gasteiger partial charge < -0.3 is 20.4 Å². The minimum absolute atomic E-state index is 0.397. The second kappa shape index (κ2) is 9.44. The summed E-state index contributed by atoms with van der Waals surface area (Å²) in [5.41, 5.74) is 3.75. The fourth-order valence-corrected chi connectivity index (χ4v) is 3.36. The topological polar surface area (TPSA) is 55.8 Å². The molecule has 1 aliphatic rings. The van der Waals surface area contributed by atoms with Crippen LogP contribution in [0.1, 0.15) is 24.5 Å². The van der Waals surface area contributed by atoms with Gasteiger partial charge in [-0.15, -0.1) is 0 Å². The lowest BCUT2D eigenvalue weighted by atomic mass is 10.2. The third kappa shape index (κ3) is 5.38. The monoisotopic (exact) mass is 380 g/mol. The second-order valence-corrected chi connectivity index (χ2v) is 7.52. The van der Waals surface area contributed by atoms with E-state index in [2.05, 4.69) is 64.7 Å². The van der Waals surface area contributed by atoms with Crippen molar-refractivity contribution in [2.24, 2.45) is 4.99 Å². The number of aliphatic imine (C=N–C) groups is 1. The Morgan fingerprint density at radius 2 is 2.04 bits per heavy atom. The third-order valence-electron chi connectivity index (χ3n) is 4.96. The number of benzene rings is 1. The first-order valence-electron chi connectivity index (χ1n) is 10.0. The molecule has 28 heavy (non-hydrogen) atoms. The average molecular weight is 381 g/mol. The molecule has 0 spiro atoms. The molecular weight excluding hydrogens is 348 g/mol. The Kier molecular flexibility index (Phi) is 6.74. The normalized spacial score (nSPS) is 16.9. The molecule has 2 heterocycles. The Balaban J connectivity index is 1.60. The standard InChI is InChI=1S/C22H32N6/c1-5-23-22(25-15-18-10-12-24-21(14-18)27(3)4)26-19-11-13-28(16-19)20-8-6-17(2)7-9-20/h6-10,12,14,19H,5,11,13,15-16H2,1-4H3,(H2,23,25,26). The summed E-state index contributed by atoms with van der Waals surface area (Å²) in [7, 11) is 4.00. The highest BCUT2D eigenvalue weighted by Gasteiger charge is 2.23. The highest BCUT2D eigenvalue weighted by molar-refractivity contribution is 5.80. The summed E-state index contributed by atoms with van der Waals surface area (Å²) >= 11 is 0. The number of guanidine groups is 1. The lowest BCUT2D eigenvalue weighted by Crippen LogP contribution is -2.44. The van der Waals surface area contributed by atoms with E-state index < -0.39 is 0 Å². The van der Waals surface area contributed by atoms with Crippen molar-refractivity contribution in [1.82, 2.24) is 15.6 Å². The molecule has 1 saturated heterocycles. The molecule has 6 heteroatoms. The molecule has 2 N–H and O–H groups in total. The van der Waals surface area contributed by atoms with Gasteiger partial charge in [-0.2, -0.15) is 0 Å². The summed E-state index contributed by atoms with van der Waals surface area (Å²) in [6.07, 6.45) is 2.95. The van der Waals surface area contributed by atoms with Crippen LogP contribution in [-0.2, 0) is 6.54 Å². The third-order valence-corrected chi connectivity index (χ3v) is 4.96. The van der Waals surface area contributed by atoms with E-state index in [9.17, 15) is 0 Å². The van der Waals surface area contributed by atoms with Crippen molar-refractivity contribution in [3.63, 3.8) is 0 Å². The minimum Gasteiger partial charge on any atom is -0.369 e. The number of anilines is 2. The maximum Gasteiger partial charge on any atom is 0.191 e. The van der Waals surface area contributed by atoms with Crippen LogP contribution in [0.3, 0.4) is 0 Å². The summed E-state index contributed by atoms with van der Waals surface area (Å²) in [5, 5.41) is 6.98. The summed E-state index contributed by atoms with van der Waals surface area (Å²) in [6, 6.07) is 13.3. The molecule has 1 fully saturated rings. The summed E-state index contributed by atoms with van der Waals surface area (Å²) in [6.45, 7) is 7.76. The van der Waals surface area contributed by atoms with E-state index >= 15 is 0 Å². The number of hydrogen-bond acceptors (Lipinski definition) is 4. The van der Waals surface area contributed by atoms with Crippen LogP contribution in [0.5, 0.6) is 0 Å². The molecule has 2 aromatic rings. The van der Waals surface area contributed by atoms with Crippen LogP contribution in [0.2, 0.25) is 0 Å². The Labute approximate surface area is 168 Å². The maximum atomic E-state index is 4.79. The molecule has 1 aromatic heterocycles. The summed E-state index contributed by atoms with van der Waals surface area (Å²) in [4.78, 5) is 13.6. The molecule has 1 unspecified atom stereocenters. The van der Waals surface area contributed by atoms with Crippen LogP contribution >= 0.6 is 0 Å². The largest absolute Gasteiger partial charge is 0.369 e. The molecule has 1 aromatic carbocycles. The Hall–Kier alpha value is -2.76. The second-order valence-electron chi connectivity index (χ2n) is 7.52. The zero-order valence-electron chi connectivity index (χ0n) is 17.4. The zero-order valence-corrected chi connectivity index (χ0v) is 17.4. The molecule has 0 radical (unpaired) electrons. The molecule has 1 atom stereocenters. The number of hydrogen-bond donors (Lipinski definition) is 2. The molecule has 3 rings (SSSR count). The van der Waals surface area contributed by atoms with Crippen molar-refractivity contribution >= 4 is 17.5 Å². The lowest BCUT2D eigenvalue weighted by Gasteiger charge is -2.20. The van der Waals surface area contributed by atoms with E-state index in [1.54, 1.807) is 0 Å². The highest BCUT2D eigenvalue weighted by Crippen LogP contribution is 2.20. The van der Waals surface area contributed by atoms with Gasteiger partial charge in [0.1, 0.15) is 5.82 Å². The van der Waals surface area contributed by atoms with Crippen molar-refractivity contribution in [1.29, 1.82) is 0 Å². The molecule has 0 amide bonds. The number of pyridine rings is 1. The van der Waals surface area contributed by atoms with E-state index in [-0.39, 0.29) is 0 Å². The van der Waals surface area contributed by atoms with Crippen LogP contribution in [0.4, 0.5) is 11.5 Å². The van der Waals surface area contributed by atoms with Gasteiger partial charge in [-0.1, -0.05) is 17.7 Å². The number of nitrogens with zero attached hydrogens (tertiary/aromatic N) is 4. The van der Waals surface area contributed by atoms with Gasteiger partial charge in [-0.25, -0.2) is 9.98 Å². The Morgan fingerprint density at radius 3 is 2.75 bits per heavy atom. The van der Waals surface area contributed by atoms with E-state index in [0.717, 1.165) is 43.4 Å². The Morgan fingerprint density at radius 1 is 1.25 bits per heavy atom. The number of rotatable bonds is 6. The van der Waals surface area contributed by atoms with Gasteiger partial charge in [-0.05, 0) is 50.1 Å². The fraction of sp³-hybridized carbons (Fsp3) is 0.455. The highest BCUT2D eigenvalue weighted by atomic mass is 15.2. The predicted octanol–water partition coefficient (Wildman–Crippen LogP) is 2.79.